The Morgan fingerprint density at radius 1 is 1.45 bits per heavy atom. The average Bonchev–Trinajstić information content (AvgIpc) is 2.94. The van der Waals surface area contributed by atoms with E-state index in [1.165, 1.54) is 0 Å². The van der Waals surface area contributed by atoms with Crippen molar-refractivity contribution in [2.75, 3.05) is 11.9 Å². The van der Waals surface area contributed by atoms with Gasteiger partial charge in [-0.2, -0.15) is 0 Å². The highest BCUT2D eigenvalue weighted by Crippen LogP contribution is 2.22. The predicted molar refractivity (Wildman–Crippen MR) is 83.1 cm³/mol. The van der Waals surface area contributed by atoms with Crippen molar-refractivity contribution in [2.24, 2.45) is 13.0 Å². The molecule has 1 aliphatic rings. The van der Waals surface area contributed by atoms with Crippen LogP contribution in [0.5, 0.6) is 0 Å². The van der Waals surface area contributed by atoms with E-state index in [0.717, 1.165) is 30.6 Å². The number of hydrogen-bond acceptors (Lipinski definition) is 5. The van der Waals surface area contributed by atoms with E-state index in [9.17, 15) is 4.79 Å². The summed E-state index contributed by atoms with van der Waals surface area (Å²) >= 11 is 0. The van der Waals surface area contributed by atoms with Crippen molar-refractivity contribution < 1.29 is 4.79 Å². The molecule has 0 radical (unpaired) electrons. The lowest BCUT2D eigenvalue weighted by Gasteiger charge is -2.27. The SMILES string of the molecule is C[C@H]1C[C@@H](C(=O)Nc2cccc(-c3nnnn3C)c2)CCN1. The topological polar surface area (TPSA) is 84.7 Å². The third-order valence-corrected chi connectivity index (χ3v) is 4.00. The van der Waals surface area contributed by atoms with Crippen LogP contribution in [0.15, 0.2) is 24.3 Å². The molecule has 22 heavy (non-hydrogen) atoms. The first kappa shape index (κ1) is 14.6. The maximum absolute atomic E-state index is 12.4. The predicted octanol–water partition coefficient (Wildman–Crippen LogP) is 1.20. The zero-order valence-corrected chi connectivity index (χ0v) is 12.8. The highest BCUT2D eigenvalue weighted by molar-refractivity contribution is 5.93. The molecule has 0 bridgehead atoms. The largest absolute Gasteiger partial charge is 0.326 e. The van der Waals surface area contributed by atoms with Gasteiger partial charge in [0.25, 0.3) is 0 Å². The molecule has 1 aromatic carbocycles. The number of carbonyl (C=O) groups is 1. The molecule has 3 rings (SSSR count). The van der Waals surface area contributed by atoms with Crippen LogP contribution in [-0.2, 0) is 11.8 Å². The lowest BCUT2D eigenvalue weighted by Crippen LogP contribution is -2.40. The summed E-state index contributed by atoms with van der Waals surface area (Å²) in [5.41, 5.74) is 1.65. The van der Waals surface area contributed by atoms with Crippen LogP contribution in [0.3, 0.4) is 0 Å². The number of tetrazole rings is 1. The number of nitrogens with one attached hydrogen (secondary N) is 2. The number of aryl methyl sites for hydroxylation is 1. The van der Waals surface area contributed by atoms with Crippen LogP contribution in [0.25, 0.3) is 11.4 Å². The van der Waals surface area contributed by atoms with Gasteiger partial charge in [0.05, 0.1) is 0 Å². The summed E-state index contributed by atoms with van der Waals surface area (Å²) in [7, 11) is 1.79. The van der Waals surface area contributed by atoms with Gasteiger partial charge < -0.3 is 10.6 Å². The van der Waals surface area contributed by atoms with Crippen molar-refractivity contribution in [3.05, 3.63) is 24.3 Å². The standard InChI is InChI=1S/C15H20N6O/c1-10-8-12(6-7-16-10)15(22)17-13-5-3-4-11(9-13)14-18-19-20-21(14)2/h3-5,9-10,12,16H,6-8H2,1-2H3,(H,17,22)/t10-,12-/m0/s1. The Hall–Kier alpha value is -2.28. The zero-order valence-electron chi connectivity index (χ0n) is 12.8. The zero-order chi connectivity index (χ0) is 15.5. The summed E-state index contributed by atoms with van der Waals surface area (Å²) in [6.07, 6.45) is 1.75. The van der Waals surface area contributed by atoms with Crippen LogP contribution in [0.2, 0.25) is 0 Å². The third-order valence-electron chi connectivity index (χ3n) is 4.00. The van der Waals surface area contributed by atoms with Crippen molar-refractivity contribution in [3.63, 3.8) is 0 Å². The molecule has 0 saturated carbocycles. The molecular formula is C15H20N6O. The molecule has 0 unspecified atom stereocenters. The van der Waals surface area contributed by atoms with E-state index in [1.807, 2.05) is 24.3 Å². The van der Waals surface area contributed by atoms with E-state index < -0.39 is 0 Å². The van der Waals surface area contributed by atoms with Crippen LogP contribution in [0, 0.1) is 5.92 Å². The maximum atomic E-state index is 12.4. The summed E-state index contributed by atoms with van der Waals surface area (Å²) in [5, 5.41) is 17.8. The highest BCUT2D eigenvalue weighted by Gasteiger charge is 2.24. The first-order valence-corrected chi connectivity index (χ1v) is 7.50. The minimum Gasteiger partial charge on any atom is -0.326 e. The fraction of sp³-hybridized carbons (Fsp3) is 0.467. The summed E-state index contributed by atoms with van der Waals surface area (Å²) in [6, 6.07) is 7.99. The third kappa shape index (κ3) is 3.14. The van der Waals surface area contributed by atoms with Crippen molar-refractivity contribution in [3.8, 4) is 11.4 Å². The van der Waals surface area contributed by atoms with Crippen LogP contribution in [0.1, 0.15) is 19.8 Å². The molecule has 7 nitrogen and oxygen atoms in total. The second kappa shape index (κ2) is 6.23. The van der Waals surface area contributed by atoms with E-state index in [4.69, 9.17) is 0 Å². The maximum Gasteiger partial charge on any atom is 0.227 e. The summed E-state index contributed by atoms with van der Waals surface area (Å²) in [4.78, 5) is 12.4. The molecule has 1 aromatic heterocycles. The first-order valence-electron chi connectivity index (χ1n) is 7.50. The summed E-state index contributed by atoms with van der Waals surface area (Å²) < 4.78 is 1.61. The molecule has 1 amide bonds. The van der Waals surface area contributed by atoms with Gasteiger partial charge in [0.1, 0.15) is 0 Å². The smallest absolute Gasteiger partial charge is 0.227 e. The molecule has 0 aliphatic carbocycles. The molecule has 7 heteroatoms. The summed E-state index contributed by atoms with van der Waals surface area (Å²) in [6.45, 7) is 3.00. The van der Waals surface area contributed by atoms with Crippen LogP contribution in [-0.4, -0.2) is 38.7 Å². The van der Waals surface area contributed by atoms with Crippen molar-refractivity contribution in [1.29, 1.82) is 0 Å². The Morgan fingerprint density at radius 3 is 3.05 bits per heavy atom. The molecule has 1 aliphatic heterocycles. The summed E-state index contributed by atoms with van der Waals surface area (Å²) in [5.74, 6) is 0.824. The molecule has 116 valence electrons. The monoisotopic (exact) mass is 300 g/mol. The lowest BCUT2D eigenvalue weighted by molar-refractivity contribution is -0.120. The number of anilines is 1. The molecule has 2 N–H and O–H groups in total. The van der Waals surface area contributed by atoms with Crippen molar-refractivity contribution in [2.45, 2.75) is 25.8 Å². The molecule has 2 atom stereocenters. The van der Waals surface area contributed by atoms with Gasteiger partial charge >= 0.3 is 0 Å². The van der Waals surface area contributed by atoms with E-state index in [-0.39, 0.29) is 11.8 Å². The number of amides is 1. The van der Waals surface area contributed by atoms with Crippen LogP contribution >= 0.6 is 0 Å². The first-order chi connectivity index (χ1) is 10.6. The minimum absolute atomic E-state index is 0.0661. The van der Waals surface area contributed by atoms with E-state index in [0.29, 0.717) is 11.9 Å². The Bertz CT molecular complexity index is 668. The van der Waals surface area contributed by atoms with E-state index in [1.54, 1.807) is 11.7 Å². The van der Waals surface area contributed by atoms with Crippen molar-refractivity contribution in [1.82, 2.24) is 25.5 Å². The van der Waals surface area contributed by atoms with Gasteiger partial charge in [0, 0.05) is 30.3 Å². The molecule has 2 heterocycles. The molecule has 2 aromatic rings. The Kier molecular flexibility index (Phi) is 4.15. The molecule has 1 fully saturated rings. The van der Waals surface area contributed by atoms with Crippen molar-refractivity contribution >= 4 is 11.6 Å². The molecular weight excluding hydrogens is 280 g/mol. The lowest BCUT2D eigenvalue weighted by atomic mass is 9.92. The second-order valence-corrected chi connectivity index (χ2v) is 5.77. The number of carbonyl (C=O) groups excluding carboxylic acids is 1. The number of aromatic nitrogens is 4. The van der Waals surface area contributed by atoms with Crippen LogP contribution < -0.4 is 10.6 Å². The number of rotatable bonds is 3. The second-order valence-electron chi connectivity index (χ2n) is 5.77. The van der Waals surface area contributed by atoms with Gasteiger partial charge in [-0.3, -0.25) is 4.79 Å². The number of benzene rings is 1. The fourth-order valence-corrected chi connectivity index (χ4v) is 2.82. The Balaban J connectivity index is 1.73. The van der Waals surface area contributed by atoms with Gasteiger partial charge in [-0.05, 0) is 48.9 Å². The molecule has 0 spiro atoms. The van der Waals surface area contributed by atoms with E-state index >= 15 is 0 Å². The Morgan fingerprint density at radius 2 is 2.32 bits per heavy atom. The number of nitrogens with zero attached hydrogens (tertiary/aromatic N) is 4. The average molecular weight is 300 g/mol. The van der Waals surface area contributed by atoms with Gasteiger partial charge in [-0.25, -0.2) is 4.68 Å². The van der Waals surface area contributed by atoms with Gasteiger partial charge in [-0.1, -0.05) is 12.1 Å². The molecule has 1 saturated heterocycles. The minimum atomic E-state index is 0.0661. The normalized spacial score (nSPS) is 21.5. The highest BCUT2D eigenvalue weighted by atomic mass is 16.1. The van der Waals surface area contributed by atoms with Gasteiger partial charge in [0.15, 0.2) is 5.82 Å². The number of piperidine rings is 1. The van der Waals surface area contributed by atoms with E-state index in [2.05, 4.69) is 33.1 Å². The number of hydrogen-bond donors (Lipinski definition) is 2. The van der Waals surface area contributed by atoms with Gasteiger partial charge in [0.2, 0.25) is 5.91 Å². The van der Waals surface area contributed by atoms with Gasteiger partial charge in [-0.15, -0.1) is 5.10 Å². The quantitative estimate of drug-likeness (QED) is 0.890. The van der Waals surface area contributed by atoms with Crippen LogP contribution in [0.4, 0.5) is 5.69 Å². The Labute approximate surface area is 129 Å². The fourth-order valence-electron chi connectivity index (χ4n) is 2.82.